The van der Waals surface area contributed by atoms with E-state index in [1.807, 2.05) is 0 Å². The topological polar surface area (TPSA) is 99.1 Å². The SMILES string of the molecule is CC(=O)OCC(COCCC(C(=O)O)[N+](C)(C)C)OC(C)=O. The molecule has 0 bridgehead atoms. The van der Waals surface area contributed by atoms with Crippen LogP contribution in [0.2, 0.25) is 0 Å². The molecule has 0 aromatic carbocycles. The standard InChI is InChI=1S/C14H25NO7/c1-10(16)21-9-12(22-11(2)17)8-20-7-6-13(14(18)19)15(3,4)5/h12-13H,6-9H2,1-5H3/p+1. The summed E-state index contributed by atoms with van der Waals surface area (Å²) in [5, 5.41) is 9.18. The lowest BCUT2D eigenvalue weighted by molar-refractivity contribution is -0.887. The van der Waals surface area contributed by atoms with E-state index >= 15 is 0 Å². The summed E-state index contributed by atoms with van der Waals surface area (Å²) in [5.41, 5.74) is 0. The summed E-state index contributed by atoms with van der Waals surface area (Å²) in [6, 6.07) is -0.597. The second-order valence-corrected chi connectivity index (χ2v) is 5.87. The Hall–Kier alpha value is -1.67. The van der Waals surface area contributed by atoms with Gasteiger partial charge in [0.2, 0.25) is 0 Å². The lowest BCUT2D eigenvalue weighted by Crippen LogP contribution is -2.50. The van der Waals surface area contributed by atoms with Crippen LogP contribution in [0.5, 0.6) is 0 Å². The molecular formula is C14H26NO7+. The minimum Gasteiger partial charge on any atom is -0.477 e. The molecule has 0 aliphatic heterocycles. The zero-order chi connectivity index (χ0) is 17.3. The van der Waals surface area contributed by atoms with Gasteiger partial charge in [0.05, 0.1) is 34.4 Å². The molecule has 0 fully saturated rings. The van der Waals surface area contributed by atoms with Crippen LogP contribution in [0.3, 0.4) is 0 Å². The van der Waals surface area contributed by atoms with Gasteiger partial charge in [0, 0.05) is 20.3 Å². The fourth-order valence-corrected chi connectivity index (χ4v) is 1.81. The van der Waals surface area contributed by atoms with E-state index in [1.54, 1.807) is 21.1 Å². The van der Waals surface area contributed by atoms with Crippen molar-refractivity contribution < 1.29 is 38.2 Å². The van der Waals surface area contributed by atoms with Crippen molar-refractivity contribution in [3.8, 4) is 0 Å². The van der Waals surface area contributed by atoms with Gasteiger partial charge in [-0.15, -0.1) is 0 Å². The monoisotopic (exact) mass is 320 g/mol. The van der Waals surface area contributed by atoms with Crippen LogP contribution < -0.4 is 0 Å². The number of carboxylic acids is 1. The van der Waals surface area contributed by atoms with E-state index in [-0.39, 0.29) is 24.3 Å². The van der Waals surface area contributed by atoms with Crippen molar-refractivity contribution in [2.75, 3.05) is 41.0 Å². The molecule has 0 spiro atoms. The third kappa shape index (κ3) is 9.30. The first-order chi connectivity index (χ1) is 10.0. The first-order valence-corrected chi connectivity index (χ1v) is 6.96. The molecule has 128 valence electrons. The van der Waals surface area contributed by atoms with Gasteiger partial charge in [0.1, 0.15) is 6.61 Å². The smallest absolute Gasteiger partial charge is 0.362 e. The molecule has 8 nitrogen and oxygen atoms in total. The molecular weight excluding hydrogens is 294 g/mol. The van der Waals surface area contributed by atoms with E-state index < -0.39 is 30.1 Å². The number of carbonyl (C=O) groups is 3. The van der Waals surface area contributed by atoms with E-state index in [0.717, 1.165) is 0 Å². The number of carbonyl (C=O) groups excluding carboxylic acids is 2. The predicted octanol–water partition coefficient (Wildman–Crippen LogP) is 0.0473. The van der Waals surface area contributed by atoms with Crippen molar-refractivity contribution in [3.05, 3.63) is 0 Å². The van der Waals surface area contributed by atoms with E-state index in [2.05, 4.69) is 0 Å². The van der Waals surface area contributed by atoms with Crippen molar-refractivity contribution >= 4 is 17.9 Å². The number of nitrogens with zero attached hydrogens (tertiary/aromatic N) is 1. The lowest BCUT2D eigenvalue weighted by atomic mass is 10.1. The number of rotatable bonds is 10. The van der Waals surface area contributed by atoms with Crippen molar-refractivity contribution in [2.24, 2.45) is 0 Å². The first kappa shape index (κ1) is 20.3. The van der Waals surface area contributed by atoms with Gasteiger partial charge in [-0.3, -0.25) is 9.59 Å². The third-order valence-corrected chi connectivity index (χ3v) is 2.86. The lowest BCUT2D eigenvalue weighted by Gasteiger charge is -2.31. The summed E-state index contributed by atoms with van der Waals surface area (Å²) in [6.45, 7) is 2.65. The number of carboxylic acid groups (broad SMARTS) is 1. The van der Waals surface area contributed by atoms with E-state index in [9.17, 15) is 19.5 Å². The molecule has 0 heterocycles. The van der Waals surface area contributed by atoms with Gasteiger partial charge in [-0.05, 0) is 0 Å². The maximum absolute atomic E-state index is 11.2. The number of ether oxygens (including phenoxy) is 3. The van der Waals surface area contributed by atoms with Crippen molar-refractivity contribution in [3.63, 3.8) is 0 Å². The highest BCUT2D eigenvalue weighted by atomic mass is 16.6. The van der Waals surface area contributed by atoms with Crippen LogP contribution in [0.25, 0.3) is 0 Å². The molecule has 0 rings (SSSR count). The van der Waals surface area contributed by atoms with Crippen molar-refractivity contribution in [2.45, 2.75) is 32.4 Å². The molecule has 2 unspecified atom stereocenters. The van der Waals surface area contributed by atoms with Gasteiger partial charge in [0.15, 0.2) is 12.1 Å². The summed E-state index contributed by atoms with van der Waals surface area (Å²) < 4.78 is 15.4. The fraction of sp³-hybridized carbons (Fsp3) is 0.786. The predicted molar refractivity (Wildman–Crippen MR) is 77.1 cm³/mol. The average molecular weight is 320 g/mol. The zero-order valence-corrected chi connectivity index (χ0v) is 13.8. The Morgan fingerprint density at radius 2 is 1.64 bits per heavy atom. The van der Waals surface area contributed by atoms with Crippen LogP contribution >= 0.6 is 0 Å². The Balaban J connectivity index is 4.28. The number of esters is 2. The maximum atomic E-state index is 11.2. The summed E-state index contributed by atoms with van der Waals surface area (Å²) in [6.07, 6.45) is -0.382. The number of quaternary nitrogens is 1. The molecule has 0 saturated heterocycles. The largest absolute Gasteiger partial charge is 0.477 e. The Labute approximate surface area is 130 Å². The second kappa shape index (κ2) is 9.37. The van der Waals surface area contributed by atoms with Crippen LogP contribution in [-0.4, -0.2) is 80.6 Å². The van der Waals surface area contributed by atoms with Gasteiger partial charge in [-0.2, -0.15) is 0 Å². The first-order valence-electron chi connectivity index (χ1n) is 6.96. The third-order valence-electron chi connectivity index (χ3n) is 2.86. The molecule has 0 radical (unpaired) electrons. The quantitative estimate of drug-likeness (QED) is 0.345. The Morgan fingerprint density at radius 3 is 2.05 bits per heavy atom. The van der Waals surface area contributed by atoms with E-state index in [1.165, 1.54) is 13.8 Å². The number of hydrogen-bond acceptors (Lipinski definition) is 6. The molecule has 0 aliphatic carbocycles. The van der Waals surface area contributed by atoms with Crippen molar-refractivity contribution in [1.29, 1.82) is 0 Å². The molecule has 8 heteroatoms. The van der Waals surface area contributed by atoms with Gasteiger partial charge in [-0.1, -0.05) is 0 Å². The number of likely N-dealkylation sites (N-methyl/N-ethyl adjacent to an activating group) is 1. The maximum Gasteiger partial charge on any atom is 0.362 e. The summed E-state index contributed by atoms with van der Waals surface area (Å²) >= 11 is 0. The molecule has 0 aromatic heterocycles. The summed E-state index contributed by atoms with van der Waals surface area (Å²) in [5.74, 6) is -1.88. The molecule has 1 N–H and O–H groups in total. The highest BCUT2D eigenvalue weighted by Gasteiger charge is 2.30. The Morgan fingerprint density at radius 1 is 1.05 bits per heavy atom. The van der Waals surface area contributed by atoms with Crippen LogP contribution in [0.4, 0.5) is 0 Å². The van der Waals surface area contributed by atoms with E-state index in [4.69, 9.17) is 14.2 Å². The molecule has 0 aliphatic rings. The van der Waals surface area contributed by atoms with Crippen LogP contribution in [0, 0.1) is 0 Å². The molecule has 2 atom stereocenters. The highest BCUT2D eigenvalue weighted by molar-refractivity contribution is 5.72. The minimum atomic E-state index is -0.896. The van der Waals surface area contributed by atoms with Gasteiger partial charge in [0.25, 0.3) is 0 Å². The summed E-state index contributed by atoms with van der Waals surface area (Å²) in [7, 11) is 5.38. The normalized spacial score (nSPS) is 14.0. The van der Waals surface area contributed by atoms with Crippen LogP contribution in [0.1, 0.15) is 20.3 Å². The Bertz CT molecular complexity index is 389. The fourth-order valence-electron chi connectivity index (χ4n) is 1.81. The van der Waals surface area contributed by atoms with E-state index in [0.29, 0.717) is 6.42 Å². The average Bonchev–Trinajstić information content (AvgIpc) is 2.32. The molecule has 22 heavy (non-hydrogen) atoms. The van der Waals surface area contributed by atoms with Crippen LogP contribution in [-0.2, 0) is 28.6 Å². The number of hydrogen-bond donors (Lipinski definition) is 1. The number of aliphatic carboxylic acids is 1. The molecule has 0 saturated carbocycles. The van der Waals surface area contributed by atoms with Gasteiger partial charge < -0.3 is 23.8 Å². The van der Waals surface area contributed by atoms with Gasteiger partial charge >= 0.3 is 17.9 Å². The van der Waals surface area contributed by atoms with Crippen LogP contribution in [0.15, 0.2) is 0 Å². The van der Waals surface area contributed by atoms with Gasteiger partial charge in [-0.25, -0.2) is 4.79 Å². The summed E-state index contributed by atoms with van der Waals surface area (Å²) in [4.78, 5) is 32.9. The molecule has 0 aromatic rings. The highest BCUT2D eigenvalue weighted by Crippen LogP contribution is 2.08. The minimum absolute atomic E-state index is 0.0380. The van der Waals surface area contributed by atoms with Crippen molar-refractivity contribution in [1.82, 2.24) is 0 Å². The Kier molecular flexibility index (Phi) is 8.66. The second-order valence-electron chi connectivity index (χ2n) is 5.87. The zero-order valence-electron chi connectivity index (χ0n) is 13.8. The molecule has 0 amide bonds.